The molecule has 2 rings (SSSR count). The Morgan fingerprint density at radius 2 is 1.65 bits per heavy atom. The molecule has 0 atom stereocenters. The number of anilines is 1. The second kappa shape index (κ2) is 8.13. The molecule has 0 saturated heterocycles. The molecule has 0 aliphatic heterocycles. The SMILES string of the molecule is Cc1ccccc1CCC(=O)Nc1ccc(CCC(=O)O)cc1. The van der Waals surface area contributed by atoms with E-state index in [0.717, 1.165) is 17.7 Å². The minimum Gasteiger partial charge on any atom is -0.481 e. The van der Waals surface area contributed by atoms with Crippen LogP contribution in [0, 0.1) is 6.92 Å². The zero-order chi connectivity index (χ0) is 16.7. The van der Waals surface area contributed by atoms with E-state index in [1.165, 1.54) is 11.1 Å². The Labute approximate surface area is 136 Å². The molecule has 0 aromatic heterocycles. The van der Waals surface area contributed by atoms with Gasteiger partial charge in [-0.3, -0.25) is 9.59 Å². The number of carbonyl (C=O) groups excluding carboxylic acids is 1. The second-order valence-electron chi connectivity index (χ2n) is 5.57. The third-order valence-corrected chi connectivity index (χ3v) is 3.75. The summed E-state index contributed by atoms with van der Waals surface area (Å²) in [6.45, 7) is 2.04. The normalized spacial score (nSPS) is 10.3. The van der Waals surface area contributed by atoms with Gasteiger partial charge < -0.3 is 10.4 Å². The van der Waals surface area contributed by atoms with Crippen molar-refractivity contribution in [3.05, 3.63) is 65.2 Å². The number of rotatable bonds is 7. The highest BCUT2D eigenvalue weighted by molar-refractivity contribution is 5.90. The summed E-state index contributed by atoms with van der Waals surface area (Å²) in [5.41, 5.74) is 4.07. The van der Waals surface area contributed by atoms with Gasteiger partial charge in [0.2, 0.25) is 5.91 Å². The van der Waals surface area contributed by atoms with Gasteiger partial charge in [0, 0.05) is 18.5 Å². The van der Waals surface area contributed by atoms with Crippen molar-refractivity contribution >= 4 is 17.6 Å². The van der Waals surface area contributed by atoms with E-state index in [1.54, 1.807) is 0 Å². The van der Waals surface area contributed by atoms with E-state index in [0.29, 0.717) is 12.8 Å². The largest absolute Gasteiger partial charge is 0.481 e. The maximum atomic E-state index is 12.0. The Bertz CT molecular complexity index is 677. The lowest BCUT2D eigenvalue weighted by Crippen LogP contribution is -2.12. The number of hydrogen-bond acceptors (Lipinski definition) is 2. The smallest absolute Gasteiger partial charge is 0.303 e. The lowest BCUT2D eigenvalue weighted by atomic mass is 10.0. The summed E-state index contributed by atoms with van der Waals surface area (Å²) in [6.07, 6.45) is 1.76. The van der Waals surface area contributed by atoms with Crippen molar-refractivity contribution in [2.45, 2.75) is 32.6 Å². The molecule has 2 N–H and O–H groups in total. The van der Waals surface area contributed by atoms with Crippen LogP contribution in [0.4, 0.5) is 5.69 Å². The van der Waals surface area contributed by atoms with Gasteiger partial charge in [-0.05, 0) is 48.6 Å². The molecule has 0 heterocycles. The summed E-state index contributed by atoms with van der Waals surface area (Å²) in [5, 5.41) is 11.5. The van der Waals surface area contributed by atoms with Crippen LogP contribution in [0.2, 0.25) is 0 Å². The summed E-state index contributed by atoms with van der Waals surface area (Å²) in [5.74, 6) is -0.829. The Balaban J connectivity index is 1.83. The lowest BCUT2D eigenvalue weighted by molar-refractivity contribution is -0.137. The summed E-state index contributed by atoms with van der Waals surface area (Å²) in [4.78, 5) is 22.5. The van der Waals surface area contributed by atoms with Crippen molar-refractivity contribution in [2.24, 2.45) is 0 Å². The quantitative estimate of drug-likeness (QED) is 0.821. The number of benzene rings is 2. The average molecular weight is 311 g/mol. The van der Waals surface area contributed by atoms with Crippen molar-refractivity contribution in [3.8, 4) is 0 Å². The van der Waals surface area contributed by atoms with Crippen LogP contribution in [-0.4, -0.2) is 17.0 Å². The minimum absolute atomic E-state index is 0.0217. The van der Waals surface area contributed by atoms with Crippen LogP contribution in [0.1, 0.15) is 29.5 Å². The highest BCUT2D eigenvalue weighted by Crippen LogP contribution is 2.13. The molecule has 2 aromatic rings. The number of aliphatic carboxylic acids is 1. The van der Waals surface area contributed by atoms with Gasteiger partial charge in [0.1, 0.15) is 0 Å². The van der Waals surface area contributed by atoms with E-state index in [2.05, 4.69) is 5.32 Å². The standard InChI is InChI=1S/C19H21NO3/c1-14-4-2-3-5-16(14)9-12-18(21)20-17-10-6-15(7-11-17)8-13-19(22)23/h2-7,10-11H,8-9,12-13H2,1H3,(H,20,21)(H,22,23). The topological polar surface area (TPSA) is 66.4 Å². The zero-order valence-corrected chi connectivity index (χ0v) is 13.2. The molecule has 0 saturated carbocycles. The molecule has 0 spiro atoms. The Hall–Kier alpha value is -2.62. The minimum atomic E-state index is -0.807. The first kappa shape index (κ1) is 16.7. The summed E-state index contributed by atoms with van der Waals surface area (Å²) in [6, 6.07) is 15.4. The van der Waals surface area contributed by atoms with Gasteiger partial charge in [-0.2, -0.15) is 0 Å². The molecule has 2 aromatic carbocycles. The maximum absolute atomic E-state index is 12.0. The third kappa shape index (κ3) is 5.58. The van der Waals surface area contributed by atoms with Crippen molar-refractivity contribution in [2.75, 3.05) is 5.32 Å². The Morgan fingerprint density at radius 3 is 2.30 bits per heavy atom. The summed E-state index contributed by atoms with van der Waals surface area (Å²) < 4.78 is 0. The predicted molar refractivity (Wildman–Crippen MR) is 90.5 cm³/mol. The van der Waals surface area contributed by atoms with E-state index >= 15 is 0 Å². The first-order valence-corrected chi connectivity index (χ1v) is 7.69. The fourth-order valence-electron chi connectivity index (χ4n) is 2.37. The van der Waals surface area contributed by atoms with Crippen LogP contribution in [0.25, 0.3) is 0 Å². The molecular weight excluding hydrogens is 290 g/mol. The van der Waals surface area contributed by atoms with Crippen molar-refractivity contribution < 1.29 is 14.7 Å². The number of carboxylic acids is 1. The average Bonchev–Trinajstić information content (AvgIpc) is 2.53. The van der Waals surface area contributed by atoms with Crippen LogP contribution in [0.15, 0.2) is 48.5 Å². The highest BCUT2D eigenvalue weighted by atomic mass is 16.4. The molecule has 0 radical (unpaired) electrons. The van der Waals surface area contributed by atoms with Crippen LogP contribution >= 0.6 is 0 Å². The monoisotopic (exact) mass is 311 g/mol. The number of nitrogens with one attached hydrogen (secondary N) is 1. The first-order valence-electron chi connectivity index (χ1n) is 7.69. The highest BCUT2D eigenvalue weighted by Gasteiger charge is 2.05. The summed E-state index contributed by atoms with van der Waals surface area (Å²) in [7, 11) is 0. The van der Waals surface area contributed by atoms with E-state index in [4.69, 9.17) is 5.11 Å². The molecular formula is C19H21NO3. The molecule has 23 heavy (non-hydrogen) atoms. The van der Waals surface area contributed by atoms with Gasteiger partial charge in [0.05, 0.1) is 0 Å². The molecule has 4 nitrogen and oxygen atoms in total. The number of aryl methyl sites for hydroxylation is 3. The molecule has 0 aliphatic carbocycles. The fourth-order valence-corrected chi connectivity index (χ4v) is 2.37. The molecule has 0 aliphatic rings. The fraction of sp³-hybridized carbons (Fsp3) is 0.263. The van der Waals surface area contributed by atoms with Gasteiger partial charge >= 0.3 is 5.97 Å². The Morgan fingerprint density at radius 1 is 0.957 bits per heavy atom. The van der Waals surface area contributed by atoms with E-state index in [-0.39, 0.29) is 12.3 Å². The van der Waals surface area contributed by atoms with Gasteiger partial charge in [0.25, 0.3) is 0 Å². The second-order valence-corrected chi connectivity index (χ2v) is 5.57. The van der Waals surface area contributed by atoms with Gasteiger partial charge in [0.15, 0.2) is 0 Å². The predicted octanol–water partition coefficient (Wildman–Crippen LogP) is 3.58. The number of hydrogen-bond donors (Lipinski definition) is 2. The van der Waals surface area contributed by atoms with Crippen molar-refractivity contribution in [1.82, 2.24) is 0 Å². The Kier molecular flexibility index (Phi) is 5.92. The number of amides is 1. The molecule has 0 bridgehead atoms. The number of carboxylic acid groups (broad SMARTS) is 1. The van der Waals surface area contributed by atoms with E-state index in [1.807, 2.05) is 55.5 Å². The van der Waals surface area contributed by atoms with Gasteiger partial charge in [-0.15, -0.1) is 0 Å². The third-order valence-electron chi connectivity index (χ3n) is 3.75. The molecule has 1 amide bonds. The number of carbonyl (C=O) groups is 2. The molecule has 0 fully saturated rings. The molecule has 0 unspecified atom stereocenters. The van der Waals surface area contributed by atoms with Gasteiger partial charge in [-0.1, -0.05) is 36.4 Å². The van der Waals surface area contributed by atoms with Gasteiger partial charge in [-0.25, -0.2) is 0 Å². The van der Waals surface area contributed by atoms with Crippen LogP contribution in [0.3, 0.4) is 0 Å². The first-order chi connectivity index (χ1) is 11.0. The van der Waals surface area contributed by atoms with E-state index in [9.17, 15) is 9.59 Å². The van der Waals surface area contributed by atoms with Crippen molar-refractivity contribution in [3.63, 3.8) is 0 Å². The van der Waals surface area contributed by atoms with Crippen LogP contribution < -0.4 is 5.32 Å². The maximum Gasteiger partial charge on any atom is 0.303 e. The van der Waals surface area contributed by atoms with E-state index < -0.39 is 5.97 Å². The van der Waals surface area contributed by atoms with Crippen LogP contribution in [0.5, 0.6) is 0 Å². The summed E-state index contributed by atoms with van der Waals surface area (Å²) >= 11 is 0. The molecule has 120 valence electrons. The molecule has 4 heteroatoms. The van der Waals surface area contributed by atoms with Crippen LogP contribution in [-0.2, 0) is 22.4 Å². The zero-order valence-electron chi connectivity index (χ0n) is 13.2. The lowest BCUT2D eigenvalue weighted by Gasteiger charge is -2.08. The van der Waals surface area contributed by atoms with Crippen molar-refractivity contribution in [1.29, 1.82) is 0 Å².